The fraction of sp³-hybridized carbons (Fsp3) is 0.292. The molecule has 9 nitrogen and oxygen atoms in total. The van der Waals surface area contributed by atoms with E-state index in [1.54, 1.807) is 35.0 Å². The molecule has 2 aromatic carbocycles. The summed E-state index contributed by atoms with van der Waals surface area (Å²) in [5.74, 6) is -0.225. The van der Waals surface area contributed by atoms with Gasteiger partial charge < -0.3 is 10.6 Å². The number of aryl methyl sites for hydroxylation is 3. The van der Waals surface area contributed by atoms with E-state index >= 15 is 0 Å². The fourth-order valence-corrected chi connectivity index (χ4v) is 4.53. The number of halogens is 1. The van der Waals surface area contributed by atoms with Crippen LogP contribution < -0.4 is 26.4 Å². The summed E-state index contributed by atoms with van der Waals surface area (Å²) < 4.78 is 1.59. The average molecular weight is 480 g/mol. The van der Waals surface area contributed by atoms with Crippen molar-refractivity contribution in [3.05, 3.63) is 75.9 Å². The Kier molecular flexibility index (Phi) is 5.76. The smallest absolute Gasteiger partial charge is 0.256 e. The van der Waals surface area contributed by atoms with Gasteiger partial charge in [-0.1, -0.05) is 23.7 Å². The number of hydrogen-bond donors (Lipinski definition) is 4. The Morgan fingerprint density at radius 1 is 1.12 bits per heavy atom. The van der Waals surface area contributed by atoms with Gasteiger partial charge in [-0.2, -0.15) is 5.10 Å². The maximum Gasteiger partial charge on any atom is 0.256 e. The molecule has 3 aromatic rings. The molecule has 176 valence electrons. The van der Waals surface area contributed by atoms with Crippen molar-refractivity contribution in [1.29, 1.82) is 0 Å². The van der Waals surface area contributed by atoms with Gasteiger partial charge in [-0.25, -0.2) is 10.1 Å². The normalized spacial score (nSPS) is 21.8. The molecule has 1 aromatic heterocycles. The molecule has 0 saturated carbocycles. The van der Waals surface area contributed by atoms with E-state index < -0.39 is 6.29 Å². The lowest BCUT2D eigenvalue weighted by Gasteiger charge is -2.37. The summed E-state index contributed by atoms with van der Waals surface area (Å²) in [6, 6.07) is 14.7. The summed E-state index contributed by atoms with van der Waals surface area (Å²) >= 11 is 6.03. The van der Waals surface area contributed by atoms with Gasteiger partial charge in [0.1, 0.15) is 12.0 Å². The molecule has 0 aliphatic carbocycles. The number of nitrogens with zero attached hydrogens (tertiary/aromatic N) is 3. The first kappa shape index (κ1) is 22.4. The van der Waals surface area contributed by atoms with E-state index in [4.69, 9.17) is 11.6 Å². The van der Waals surface area contributed by atoms with Crippen LogP contribution in [0.15, 0.2) is 48.5 Å². The molecule has 34 heavy (non-hydrogen) atoms. The molecule has 2 aliphatic heterocycles. The third-order valence-electron chi connectivity index (χ3n) is 6.28. The zero-order valence-corrected chi connectivity index (χ0v) is 19.8. The fourth-order valence-electron chi connectivity index (χ4n) is 4.34. The summed E-state index contributed by atoms with van der Waals surface area (Å²) in [5, 5.41) is 16.3. The van der Waals surface area contributed by atoms with Crippen LogP contribution in [0.25, 0.3) is 0 Å². The zero-order valence-electron chi connectivity index (χ0n) is 19.1. The summed E-state index contributed by atoms with van der Waals surface area (Å²) in [6.45, 7) is 6.48. The lowest BCUT2D eigenvalue weighted by Crippen LogP contribution is -2.61. The van der Waals surface area contributed by atoms with E-state index in [2.05, 4.69) is 52.5 Å². The summed E-state index contributed by atoms with van der Waals surface area (Å²) in [5.41, 5.74) is 7.83. The number of amides is 2. The Morgan fingerprint density at radius 2 is 1.94 bits per heavy atom. The molecule has 10 heteroatoms. The Morgan fingerprint density at radius 3 is 2.71 bits per heavy atom. The van der Waals surface area contributed by atoms with Crippen molar-refractivity contribution in [2.45, 2.75) is 33.2 Å². The lowest BCUT2D eigenvalue weighted by atomic mass is 10.0. The second kappa shape index (κ2) is 8.75. The number of rotatable bonds is 4. The van der Waals surface area contributed by atoms with Crippen molar-refractivity contribution in [2.75, 3.05) is 16.9 Å². The molecule has 3 unspecified atom stereocenters. The van der Waals surface area contributed by atoms with Crippen molar-refractivity contribution in [1.82, 2.24) is 25.8 Å². The molecule has 3 heterocycles. The first-order valence-electron chi connectivity index (χ1n) is 11.1. The van der Waals surface area contributed by atoms with Crippen molar-refractivity contribution in [2.24, 2.45) is 5.92 Å². The number of aromatic nitrogens is 2. The Bertz CT molecular complexity index is 1270. The highest BCUT2D eigenvalue weighted by Crippen LogP contribution is 2.29. The molecule has 0 radical (unpaired) electrons. The molecular formula is C24H26ClN7O2. The van der Waals surface area contributed by atoms with E-state index in [1.165, 1.54) is 11.1 Å². The minimum absolute atomic E-state index is 0.0899. The first-order chi connectivity index (χ1) is 16.3. The van der Waals surface area contributed by atoms with Crippen LogP contribution in [0, 0.1) is 26.7 Å². The van der Waals surface area contributed by atoms with Gasteiger partial charge in [-0.05, 0) is 62.2 Å². The van der Waals surface area contributed by atoms with Crippen LogP contribution in [0.2, 0.25) is 5.02 Å². The number of hydrogen-bond acceptors (Lipinski definition) is 6. The third kappa shape index (κ3) is 4.13. The predicted octanol–water partition coefficient (Wildman–Crippen LogP) is 2.86. The minimum Gasteiger partial charge on any atom is -0.321 e. The molecule has 4 N–H and O–H groups in total. The van der Waals surface area contributed by atoms with Crippen LogP contribution in [-0.4, -0.2) is 34.3 Å². The lowest BCUT2D eigenvalue weighted by molar-refractivity contribution is -0.129. The molecular weight excluding hydrogens is 454 g/mol. The van der Waals surface area contributed by atoms with E-state index in [9.17, 15) is 9.59 Å². The molecule has 2 saturated heterocycles. The van der Waals surface area contributed by atoms with Gasteiger partial charge in [0, 0.05) is 23.2 Å². The van der Waals surface area contributed by atoms with Crippen molar-refractivity contribution in [3.8, 4) is 0 Å². The second-order valence-corrected chi connectivity index (χ2v) is 9.15. The number of hydrazine groups is 1. The first-order valence-corrected chi connectivity index (χ1v) is 11.5. The number of carbonyl (C=O) groups excluding carboxylic acids is 2. The van der Waals surface area contributed by atoms with Gasteiger partial charge in [0.15, 0.2) is 6.29 Å². The largest absolute Gasteiger partial charge is 0.321 e. The maximum atomic E-state index is 13.0. The number of benzene rings is 2. The summed E-state index contributed by atoms with van der Waals surface area (Å²) in [6.07, 6.45) is -0.937. The van der Waals surface area contributed by atoms with Crippen LogP contribution in [-0.2, 0) is 4.79 Å². The number of fused-ring (bicyclic) bond motifs is 1. The highest BCUT2D eigenvalue weighted by molar-refractivity contribution is 6.31. The quantitative estimate of drug-likeness (QED) is 0.459. The Labute approximate surface area is 202 Å². The maximum absolute atomic E-state index is 13.0. The van der Waals surface area contributed by atoms with E-state index in [-0.39, 0.29) is 23.9 Å². The minimum atomic E-state index is -0.647. The Hall–Kier alpha value is -3.40. The van der Waals surface area contributed by atoms with Gasteiger partial charge >= 0.3 is 0 Å². The zero-order chi connectivity index (χ0) is 24.0. The van der Waals surface area contributed by atoms with Gasteiger partial charge in [-0.3, -0.25) is 19.9 Å². The monoisotopic (exact) mass is 479 g/mol. The van der Waals surface area contributed by atoms with E-state index in [0.29, 0.717) is 28.6 Å². The van der Waals surface area contributed by atoms with Crippen LogP contribution in [0.5, 0.6) is 0 Å². The highest BCUT2D eigenvalue weighted by atomic mass is 35.5. The second-order valence-electron chi connectivity index (χ2n) is 8.71. The third-order valence-corrected chi connectivity index (χ3v) is 6.52. The molecule has 0 spiro atoms. The Balaban J connectivity index is 1.41. The predicted molar refractivity (Wildman–Crippen MR) is 130 cm³/mol. The number of nitrogens with one attached hydrogen (secondary N) is 4. The van der Waals surface area contributed by atoms with Gasteiger partial charge in [-0.15, -0.1) is 0 Å². The van der Waals surface area contributed by atoms with Gasteiger partial charge in [0.2, 0.25) is 5.91 Å². The average Bonchev–Trinajstić information content (AvgIpc) is 3.39. The molecule has 3 atom stereocenters. The molecule has 2 amide bonds. The number of anilines is 2. The molecule has 0 bridgehead atoms. The van der Waals surface area contributed by atoms with Crippen molar-refractivity contribution in [3.63, 3.8) is 0 Å². The van der Waals surface area contributed by atoms with Crippen molar-refractivity contribution >= 4 is 34.9 Å². The molecule has 2 aliphatic rings. The van der Waals surface area contributed by atoms with E-state index in [0.717, 1.165) is 5.69 Å². The topological polar surface area (TPSA) is 103 Å². The van der Waals surface area contributed by atoms with Crippen LogP contribution in [0.1, 0.15) is 33.5 Å². The van der Waals surface area contributed by atoms with Gasteiger partial charge in [0.05, 0.1) is 17.3 Å². The van der Waals surface area contributed by atoms with Crippen LogP contribution in [0.3, 0.4) is 0 Å². The number of carbonyl (C=O) groups is 2. The van der Waals surface area contributed by atoms with E-state index in [1.807, 2.05) is 18.0 Å². The van der Waals surface area contributed by atoms with Crippen LogP contribution in [0.4, 0.5) is 11.5 Å². The molecule has 2 fully saturated rings. The summed E-state index contributed by atoms with van der Waals surface area (Å²) in [4.78, 5) is 25.8. The molecule has 5 rings (SSSR count). The van der Waals surface area contributed by atoms with Crippen LogP contribution >= 0.6 is 11.6 Å². The highest BCUT2D eigenvalue weighted by Gasteiger charge is 2.45. The standard InChI is InChI=1S/C24H26ClN7O2/c1-13-7-8-18(9-14(13)2)31-21-19(12-26-31)23(34)29-24(28-21)32-20(10-15(3)30-32)27-22(33)16-5-4-6-17(25)11-16/h4-11,19,21,24,26,28H,12H2,1-3H3,(H,27,33)(H,29,34). The summed E-state index contributed by atoms with van der Waals surface area (Å²) in [7, 11) is 0. The van der Waals surface area contributed by atoms with Crippen molar-refractivity contribution < 1.29 is 9.59 Å². The van der Waals surface area contributed by atoms with Gasteiger partial charge in [0.25, 0.3) is 5.91 Å². The SMILES string of the molecule is Cc1cc(NC(=O)c2cccc(Cl)c2)n(C2NC(=O)C3CNN(c4ccc(C)c(C)c4)C3N2)n1.